The normalized spacial score (nSPS) is 43.1. The monoisotopic (exact) mass is 194 g/mol. The van der Waals surface area contributed by atoms with Crippen molar-refractivity contribution < 1.29 is 0 Å². The number of likely N-dealkylation sites (N-methyl/N-ethyl adjacent to an activating group) is 2. The van der Waals surface area contributed by atoms with Crippen LogP contribution in [0.3, 0.4) is 0 Å². The molecule has 3 unspecified atom stereocenters. The summed E-state index contributed by atoms with van der Waals surface area (Å²) in [5.74, 6) is 0.697. The number of aliphatic imine (C=N–C) groups is 1. The van der Waals surface area contributed by atoms with Crippen molar-refractivity contribution in [2.24, 2.45) is 22.6 Å². The Morgan fingerprint density at radius 1 is 1.36 bits per heavy atom. The van der Waals surface area contributed by atoms with E-state index in [0.717, 1.165) is 6.42 Å². The van der Waals surface area contributed by atoms with Gasteiger partial charge in [0.25, 0.3) is 0 Å². The van der Waals surface area contributed by atoms with Crippen LogP contribution in [-0.2, 0) is 0 Å². The maximum Gasteiger partial charge on any atom is 0.145 e. The molecule has 0 aromatic rings. The van der Waals surface area contributed by atoms with Crippen molar-refractivity contribution in [3.63, 3.8) is 0 Å². The average Bonchev–Trinajstić information content (AvgIpc) is 2.77. The maximum absolute atomic E-state index is 6.34. The van der Waals surface area contributed by atoms with Gasteiger partial charge in [0, 0.05) is 11.8 Å². The number of fused-ring (bicyclic) bond motifs is 2. The lowest BCUT2D eigenvalue weighted by atomic mass is 9.83. The molecule has 0 saturated heterocycles. The van der Waals surface area contributed by atoms with Gasteiger partial charge in [0.1, 0.15) is 11.3 Å². The second kappa shape index (κ2) is 2.89. The third kappa shape index (κ3) is 0.815. The lowest BCUT2D eigenvalue weighted by molar-refractivity contribution is 0.135. The average molecular weight is 194 g/mol. The smallest absolute Gasteiger partial charge is 0.145 e. The zero-order valence-electron chi connectivity index (χ0n) is 8.75. The van der Waals surface area contributed by atoms with E-state index in [0.29, 0.717) is 11.8 Å². The summed E-state index contributed by atoms with van der Waals surface area (Å²) in [5.41, 5.74) is 5.37. The van der Waals surface area contributed by atoms with Gasteiger partial charge in [0.2, 0.25) is 0 Å². The van der Waals surface area contributed by atoms with E-state index in [9.17, 15) is 0 Å². The zero-order valence-corrected chi connectivity index (χ0v) is 8.75. The molecule has 4 N–H and O–H groups in total. The minimum absolute atomic E-state index is 0.296. The highest BCUT2D eigenvalue weighted by atomic mass is 15.3. The van der Waals surface area contributed by atoms with Crippen molar-refractivity contribution >= 4 is 6.72 Å². The molecule has 4 heteroatoms. The Morgan fingerprint density at radius 2 is 1.93 bits per heavy atom. The third-order valence-corrected chi connectivity index (χ3v) is 3.89. The molecule has 2 aliphatic rings. The fraction of sp³-hybridized carbons (Fsp3) is 0.700. The molecule has 0 heterocycles. The van der Waals surface area contributed by atoms with Crippen LogP contribution in [0.1, 0.15) is 6.42 Å². The molecular weight excluding hydrogens is 176 g/mol. The molecule has 4 nitrogen and oxygen atoms in total. The van der Waals surface area contributed by atoms with E-state index >= 15 is 0 Å². The predicted molar refractivity (Wildman–Crippen MR) is 58.1 cm³/mol. The second-order valence-corrected chi connectivity index (χ2v) is 4.13. The van der Waals surface area contributed by atoms with Crippen molar-refractivity contribution in [3.05, 3.63) is 12.2 Å². The van der Waals surface area contributed by atoms with Crippen LogP contribution in [-0.4, -0.2) is 32.1 Å². The Balaban J connectivity index is 2.49. The van der Waals surface area contributed by atoms with Crippen LogP contribution in [0.2, 0.25) is 0 Å². The molecule has 0 aromatic carbocycles. The van der Waals surface area contributed by atoms with Crippen LogP contribution >= 0.6 is 0 Å². The summed E-state index contributed by atoms with van der Waals surface area (Å²) in [6, 6.07) is 0. The first-order chi connectivity index (χ1) is 6.64. The van der Waals surface area contributed by atoms with Crippen LogP contribution < -0.4 is 16.4 Å². The highest BCUT2D eigenvalue weighted by Crippen LogP contribution is 2.50. The highest BCUT2D eigenvalue weighted by molar-refractivity contribution is 5.36. The first-order valence-electron chi connectivity index (χ1n) is 4.97. The van der Waals surface area contributed by atoms with Crippen LogP contribution in [0.5, 0.6) is 0 Å². The summed E-state index contributed by atoms with van der Waals surface area (Å²) in [5, 5.41) is 6.56. The van der Waals surface area contributed by atoms with Gasteiger partial charge in [0.05, 0.1) is 0 Å². The molecule has 2 rings (SSSR count). The molecule has 1 saturated carbocycles. The van der Waals surface area contributed by atoms with E-state index in [4.69, 9.17) is 5.73 Å². The van der Waals surface area contributed by atoms with Crippen LogP contribution in [0, 0.1) is 11.8 Å². The zero-order chi connectivity index (χ0) is 10.4. The van der Waals surface area contributed by atoms with Crippen molar-refractivity contribution in [1.29, 1.82) is 0 Å². The Morgan fingerprint density at radius 3 is 2.36 bits per heavy atom. The van der Waals surface area contributed by atoms with Gasteiger partial charge in [-0.05, 0) is 27.2 Å². The van der Waals surface area contributed by atoms with E-state index in [1.807, 2.05) is 14.1 Å². The van der Waals surface area contributed by atoms with Gasteiger partial charge in [0.15, 0.2) is 0 Å². The molecule has 14 heavy (non-hydrogen) atoms. The number of hydrogen-bond donors (Lipinski definition) is 3. The number of rotatable bonds is 3. The maximum atomic E-state index is 6.34. The van der Waals surface area contributed by atoms with Gasteiger partial charge < -0.3 is 5.73 Å². The summed E-state index contributed by atoms with van der Waals surface area (Å²) in [6.07, 6.45) is 5.43. The van der Waals surface area contributed by atoms with Crippen LogP contribution in [0.15, 0.2) is 17.1 Å². The molecule has 3 atom stereocenters. The quantitative estimate of drug-likeness (QED) is 0.328. The summed E-state index contributed by atoms with van der Waals surface area (Å²) in [6.45, 7) is 3.64. The fourth-order valence-electron chi connectivity index (χ4n) is 3.07. The van der Waals surface area contributed by atoms with Crippen LogP contribution in [0.4, 0.5) is 0 Å². The summed E-state index contributed by atoms with van der Waals surface area (Å²) >= 11 is 0. The topological polar surface area (TPSA) is 62.4 Å². The van der Waals surface area contributed by atoms with E-state index in [2.05, 4.69) is 34.5 Å². The summed E-state index contributed by atoms with van der Waals surface area (Å²) in [7, 11) is 3.83. The summed E-state index contributed by atoms with van der Waals surface area (Å²) in [4.78, 5) is 4.15. The van der Waals surface area contributed by atoms with Gasteiger partial charge >= 0.3 is 0 Å². The van der Waals surface area contributed by atoms with E-state index in [-0.39, 0.29) is 5.66 Å². The Hall–Kier alpha value is -0.710. The van der Waals surface area contributed by atoms with E-state index in [1.165, 1.54) is 0 Å². The van der Waals surface area contributed by atoms with E-state index < -0.39 is 5.66 Å². The first-order valence-corrected chi connectivity index (χ1v) is 4.97. The lowest BCUT2D eigenvalue weighted by Crippen LogP contribution is -2.74. The Bertz CT molecular complexity index is 282. The molecule has 2 bridgehead atoms. The molecule has 0 aromatic heterocycles. The van der Waals surface area contributed by atoms with Crippen molar-refractivity contribution in [3.8, 4) is 0 Å². The third-order valence-electron chi connectivity index (χ3n) is 3.89. The fourth-order valence-corrected chi connectivity index (χ4v) is 3.07. The molecule has 1 fully saturated rings. The summed E-state index contributed by atoms with van der Waals surface area (Å²) < 4.78 is 0. The largest absolute Gasteiger partial charge is 0.304 e. The second-order valence-electron chi connectivity index (χ2n) is 4.13. The minimum atomic E-state index is -0.629. The van der Waals surface area contributed by atoms with E-state index in [1.54, 1.807) is 0 Å². The van der Waals surface area contributed by atoms with Crippen molar-refractivity contribution in [2.45, 2.75) is 17.7 Å². The standard InChI is InChI=1S/C10H18N4/c1-12-9(11)7-4-5-8(6-7)10(9,13-2)14-3/h4-5,7-8,13-14H,1,6,11H2,2-3H3. The number of hydrogen-bond acceptors (Lipinski definition) is 4. The number of nitrogens with two attached hydrogens (primary N) is 1. The van der Waals surface area contributed by atoms with Gasteiger partial charge in [-0.15, -0.1) is 0 Å². The molecule has 0 spiro atoms. The Labute approximate surface area is 84.7 Å². The number of nitrogens with zero attached hydrogens (tertiary/aromatic N) is 1. The van der Waals surface area contributed by atoms with Crippen molar-refractivity contribution in [2.75, 3.05) is 14.1 Å². The molecule has 0 aliphatic heterocycles. The van der Waals surface area contributed by atoms with Crippen LogP contribution in [0.25, 0.3) is 0 Å². The number of nitrogens with one attached hydrogen (secondary N) is 2. The van der Waals surface area contributed by atoms with Gasteiger partial charge in [-0.1, -0.05) is 12.2 Å². The predicted octanol–water partition coefficient (Wildman–Crippen LogP) is -0.317. The lowest BCUT2D eigenvalue weighted by Gasteiger charge is -2.46. The molecular formula is C10H18N4. The van der Waals surface area contributed by atoms with Crippen molar-refractivity contribution in [1.82, 2.24) is 10.6 Å². The Kier molecular flexibility index (Phi) is 2.03. The SMILES string of the molecule is C=NC1(N)C2C=CC(C2)C1(NC)NC. The first kappa shape index (κ1) is 9.83. The minimum Gasteiger partial charge on any atom is -0.304 e. The van der Waals surface area contributed by atoms with Gasteiger partial charge in [-0.25, -0.2) is 0 Å². The molecule has 0 amide bonds. The highest BCUT2D eigenvalue weighted by Gasteiger charge is 2.63. The van der Waals surface area contributed by atoms with Gasteiger partial charge in [-0.3, -0.25) is 15.6 Å². The molecule has 78 valence electrons. The molecule has 0 radical (unpaired) electrons. The molecule has 2 aliphatic carbocycles. The van der Waals surface area contributed by atoms with Gasteiger partial charge in [-0.2, -0.15) is 0 Å².